The normalized spacial score (nSPS) is 28.1. The fraction of sp³-hybridized carbons (Fsp3) is 0.500. The first-order chi connectivity index (χ1) is 16.4. The number of nitrogens with zero attached hydrogens (tertiary/aromatic N) is 6. The van der Waals surface area contributed by atoms with E-state index in [0.717, 1.165) is 30.5 Å². The average molecular weight is 470 g/mol. The Morgan fingerprint density at radius 3 is 2.94 bits per heavy atom. The standard InChI is InChI=1S/C22H24F2N8O2/c1-11-17(18(30-29-11)12-7-27-31(9-12)21(23)24)28-16-6-22(16)15-8-25-10-26-19(15)32(20(22)34)13-3-2-4-14(33)5-13/h7-10,13-14,16,21,28,33H,2-6H2,1H3,(H,29,30)/t13-,14-,16?,22?/m1/s1. The van der Waals surface area contributed by atoms with Gasteiger partial charge in [0.05, 0.1) is 23.7 Å². The maximum atomic E-state index is 13.8. The van der Waals surface area contributed by atoms with Gasteiger partial charge in [0.2, 0.25) is 5.91 Å². The smallest absolute Gasteiger partial charge is 0.333 e. The highest BCUT2D eigenvalue weighted by molar-refractivity contribution is 6.11. The molecule has 0 radical (unpaired) electrons. The Morgan fingerprint density at radius 2 is 2.18 bits per heavy atom. The molecule has 0 aromatic carbocycles. The lowest BCUT2D eigenvalue weighted by atomic mass is 9.91. The van der Waals surface area contributed by atoms with Crippen molar-refractivity contribution < 1.29 is 18.7 Å². The highest BCUT2D eigenvalue weighted by atomic mass is 19.3. The van der Waals surface area contributed by atoms with E-state index in [2.05, 4.69) is 30.6 Å². The molecule has 0 saturated heterocycles. The van der Waals surface area contributed by atoms with Gasteiger partial charge >= 0.3 is 6.55 Å². The summed E-state index contributed by atoms with van der Waals surface area (Å²) >= 11 is 0. The second-order valence-electron chi connectivity index (χ2n) is 9.34. The Bertz CT molecular complexity index is 1260. The van der Waals surface area contributed by atoms with Gasteiger partial charge in [-0.1, -0.05) is 0 Å². The van der Waals surface area contributed by atoms with Crippen molar-refractivity contribution in [1.29, 1.82) is 0 Å². The zero-order valence-electron chi connectivity index (χ0n) is 18.4. The number of aliphatic hydroxyl groups excluding tert-OH is 1. The molecule has 2 saturated carbocycles. The number of halogens is 2. The average Bonchev–Trinajstić information content (AvgIpc) is 3.07. The minimum absolute atomic E-state index is 0.0344. The summed E-state index contributed by atoms with van der Waals surface area (Å²) in [7, 11) is 0. The van der Waals surface area contributed by atoms with Gasteiger partial charge in [-0.2, -0.15) is 19.0 Å². The Morgan fingerprint density at radius 1 is 1.32 bits per heavy atom. The monoisotopic (exact) mass is 470 g/mol. The number of aryl methyl sites for hydroxylation is 1. The van der Waals surface area contributed by atoms with E-state index in [1.807, 2.05) is 6.92 Å². The van der Waals surface area contributed by atoms with Crippen LogP contribution in [0.4, 0.5) is 20.3 Å². The number of anilines is 2. The molecule has 3 N–H and O–H groups in total. The molecule has 178 valence electrons. The number of hydrogen-bond acceptors (Lipinski definition) is 7. The zero-order chi connectivity index (χ0) is 23.6. The topological polar surface area (TPSA) is 125 Å². The number of aromatic amines is 1. The van der Waals surface area contributed by atoms with Crippen molar-refractivity contribution in [3.63, 3.8) is 0 Å². The molecule has 12 heteroatoms. The van der Waals surface area contributed by atoms with Crippen LogP contribution in [0.3, 0.4) is 0 Å². The van der Waals surface area contributed by atoms with Crippen LogP contribution in [0.2, 0.25) is 0 Å². The molecule has 6 rings (SSSR count). The summed E-state index contributed by atoms with van der Waals surface area (Å²) in [6, 6.07) is -0.333. The van der Waals surface area contributed by atoms with Crippen LogP contribution in [0.1, 0.15) is 49.9 Å². The van der Waals surface area contributed by atoms with Crippen LogP contribution in [-0.2, 0) is 10.2 Å². The highest BCUT2D eigenvalue weighted by Gasteiger charge is 2.69. The molecular formula is C22H24F2N8O2. The van der Waals surface area contributed by atoms with E-state index in [-0.39, 0.29) is 18.0 Å². The predicted octanol–water partition coefficient (Wildman–Crippen LogP) is 2.54. The van der Waals surface area contributed by atoms with Crippen LogP contribution in [-0.4, -0.2) is 59.1 Å². The van der Waals surface area contributed by atoms with Gasteiger partial charge in [-0.25, -0.2) is 14.6 Å². The second kappa shape index (κ2) is 7.55. The SMILES string of the molecule is Cc1[nH]nc(-c2cnn(C(F)F)c2)c1NC1CC12C(=O)N([C@@H]1CCC[C@@H](O)C1)c1ncncc12. The lowest BCUT2D eigenvalue weighted by molar-refractivity contribution is -0.121. The summed E-state index contributed by atoms with van der Waals surface area (Å²) in [5.74, 6) is 0.582. The molecule has 1 aliphatic heterocycles. The molecule has 3 aliphatic rings. The maximum absolute atomic E-state index is 13.8. The Labute approximate surface area is 193 Å². The van der Waals surface area contributed by atoms with Crippen molar-refractivity contribution in [2.45, 2.75) is 69.2 Å². The molecule has 4 heterocycles. The summed E-state index contributed by atoms with van der Waals surface area (Å²) < 4.78 is 26.6. The molecule has 10 nitrogen and oxygen atoms in total. The fourth-order valence-electron chi connectivity index (χ4n) is 5.50. The number of carbonyl (C=O) groups excluding carboxylic acids is 1. The molecule has 3 aromatic heterocycles. The molecular weight excluding hydrogens is 446 g/mol. The number of carbonyl (C=O) groups is 1. The number of fused-ring (bicyclic) bond motifs is 2. The van der Waals surface area contributed by atoms with Crippen LogP contribution in [0, 0.1) is 6.92 Å². The van der Waals surface area contributed by atoms with Crippen molar-refractivity contribution >= 4 is 17.4 Å². The Hall–Kier alpha value is -3.41. The van der Waals surface area contributed by atoms with Gasteiger partial charge in [0.25, 0.3) is 0 Å². The molecule has 34 heavy (non-hydrogen) atoms. The first-order valence-electron chi connectivity index (χ1n) is 11.4. The number of H-pyrrole nitrogens is 1. The largest absolute Gasteiger partial charge is 0.393 e. The second-order valence-corrected chi connectivity index (χ2v) is 9.34. The van der Waals surface area contributed by atoms with E-state index >= 15 is 0 Å². The summed E-state index contributed by atoms with van der Waals surface area (Å²) in [5, 5.41) is 24.5. The molecule has 2 aliphatic carbocycles. The number of aromatic nitrogens is 6. The molecule has 1 amide bonds. The summed E-state index contributed by atoms with van der Waals surface area (Å²) in [4.78, 5) is 24.2. The van der Waals surface area contributed by atoms with Crippen molar-refractivity contribution in [1.82, 2.24) is 29.9 Å². The van der Waals surface area contributed by atoms with Gasteiger partial charge in [-0.3, -0.25) is 14.8 Å². The van der Waals surface area contributed by atoms with Crippen molar-refractivity contribution in [3.8, 4) is 11.3 Å². The predicted molar refractivity (Wildman–Crippen MR) is 117 cm³/mol. The van der Waals surface area contributed by atoms with Crippen LogP contribution in [0.5, 0.6) is 0 Å². The third-order valence-electron chi connectivity index (χ3n) is 7.29. The van der Waals surface area contributed by atoms with E-state index < -0.39 is 18.1 Å². The Balaban J connectivity index is 1.31. The molecule has 4 atom stereocenters. The van der Waals surface area contributed by atoms with Gasteiger partial charge in [-0.05, 0) is 39.0 Å². The number of hydrogen-bond donors (Lipinski definition) is 3. The van der Waals surface area contributed by atoms with Gasteiger partial charge in [-0.15, -0.1) is 0 Å². The lowest BCUT2D eigenvalue weighted by Crippen LogP contribution is -2.45. The summed E-state index contributed by atoms with van der Waals surface area (Å²) in [6.07, 6.45) is 8.82. The van der Waals surface area contributed by atoms with E-state index in [1.54, 1.807) is 11.1 Å². The quantitative estimate of drug-likeness (QED) is 0.523. The highest BCUT2D eigenvalue weighted by Crippen LogP contribution is 2.59. The zero-order valence-corrected chi connectivity index (χ0v) is 18.4. The first kappa shape index (κ1) is 21.1. The minimum Gasteiger partial charge on any atom is -0.393 e. The number of alkyl halides is 2. The summed E-state index contributed by atoms with van der Waals surface area (Å²) in [5.41, 5.74) is 2.27. The number of aliphatic hydroxyl groups is 1. The molecule has 3 aromatic rings. The fourth-order valence-corrected chi connectivity index (χ4v) is 5.50. The lowest BCUT2D eigenvalue weighted by Gasteiger charge is -2.33. The number of amides is 1. The van der Waals surface area contributed by atoms with Crippen LogP contribution < -0.4 is 10.2 Å². The Kier molecular flexibility index (Phi) is 4.70. The number of nitrogens with one attached hydrogen (secondary N) is 2. The minimum atomic E-state index is -2.74. The van der Waals surface area contributed by atoms with Crippen LogP contribution in [0.25, 0.3) is 11.3 Å². The molecule has 2 fully saturated rings. The first-order valence-corrected chi connectivity index (χ1v) is 11.4. The maximum Gasteiger partial charge on any atom is 0.333 e. The van der Waals surface area contributed by atoms with E-state index in [4.69, 9.17) is 0 Å². The molecule has 0 bridgehead atoms. The van der Waals surface area contributed by atoms with Gasteiger partial charge in [0, 0.05) is 35.6 Å². The van der Waals surface area contributed by atoms with E-state index in [0.29, 0.717) is 40.3 Å². The third-order valence-corrected chi connectivity index (χ3v) is 7.29. The molecule has 2 unspecified atom stereocenters. The summed E-state index contributed by atoms with van der Waals surface area (Å²) in [6.45, 7) is -0.914. The van der Waals surface area contributed by atoms with E-state index in [1.165, 1.54) is 18.7 Å². The molecule has 1 spiro atoms. The van der Waals surface area contributed by atoms with Gasteiger partial charge in [0.1, 0.15) is 23.3 Å². The van der Waals surface area contributed by atoms with Crippen molar-refractivity contribution in [2.24, 2.45) is 0 Å². The van der Waals surface area contributed by atoms with Crippen LogP contribution >= 0.6 is 0 Å². The number of rotatable bonds is 5. The van der Waals surface area contributed by atoms with E-state index in [9.17, 15) is 18.7 Å². The van der Waals surface area contributed by atoms with Crippen LogP contribution in [0.15, 0.2) is 24.9 Å². The van der Waals surface area contributed by atoms with Gasteiger partial charge in [0.15, 0.2) is 0 Å². The third kappa shape index (κ3) is 3.04. The van der Waals surface area contributed by atoms with Crippen molar-refractivity contribution in [3.05, 3.63) is 36.2 Å². The van der Waals surface area contributed by atoms with Gasteiger partial charge < -0.3 is 10.4 Å². The van der Waals surface area contributed by atoms with Crippen molar-refractivity contribution in [2.75, 3.05) is 10.2 Å².